The molecule has 172 valence electrons. The van der Waals surface area contributed by atoms with E-state index in [1.807, 2.05) is 32.9 Å². The molecule has 0 spiro atoms. The zero-order valence-corrected chi connectivity index (χ0v) is 18.0. The SMILES string of the molecule is C#N.CCC(C)(C)CC(=O)O.Nc1ncnn2c(C3CCC(CO)O3)ccc12.O=CO. The molecule has 0 aromatic carbocycles. The maximum atomic E-state index is 10.2. The number of hydrogen-bond acceptors (Lipinski definition) is 8. The molecule has 2 aromatic heterocycles. The number of hydrogen-bond donors (Lipinski definition) is 4. The lowest BCUT2D eigenvalue weighted by Crippen LogP contribution is -2.14. The normalized spacial score (nSPS) is 17.2. The summed E-state index contributed by atoms with van der Waals surface area (Å²) in [4.78, 5) is 22.5. The largest absolute Gasteiger partial charge is 0.483 e. The number of fused-ring (bicyclic) bond motifs is 1. The third kappa shape index (κ3) is 8.98. The summed E-state index contributed by atoms with van der Waals surface area (Å²) in [5.74, 6) is -0.246. The van der Waals surface area contributed by atoms with E-state index in [2.05, 4.69) is 16.7 Å². The number of nitriles is 1. The Balaban J connectivity index is 0.000000548. The van der Waals surface area contributed by atoms with Crippen molar-refractivity contribution >= 4 is 23.8 Å². The van der Waals surface area contributed by atoms with Crippen LogP contribution in [0, 0.1) is 17.2 Å². The number of ether oxygens (including phenoxy) is 1. The van der Waals surface area contributed by atoms with Gasteiger partial charge in [0.15, 0.2) is 5.82 Å². The van der Waals surface area contributed by atoms with Gasteiger partial charge in [0.25, 0.3) is 6.47 Å². The van der Waals surface area contributed by atoms with Crippen LogP contribution in [-0.4, -0.2) is 55.1 Å². The molecule has 1 aliphatic heterocycles. The molecule has 11 nitrogen and oxygen atoms in total. The molecule has 1 aliphatic rings. The predicted octanol–water partition coefficient (Wildman–Crippen LogP) is 2.26. The van der Waals surface area contributed by atoms with Gasteiger partial charge in [-0.05, 0) is 30.4 Å². The minimum absolute atomic E-state index is 0.0241. The van der Waals surface area contributed by atoms with E-state index in [-0.39, 0.29) is 37.1 Å². The van der Waals surface area contributed by atoms with Crippen molar-refractivity contribution in [1.82, 2.24) is 14.6 Å². The first kappa shape index (κ1) is 27.8. The number of carboxylic acids is 1. The van der Waals surface area contributed by atoms with E-state index in [0.29, 0.717) is 5.82 Å². The monoisotopic (exact) mass is 437 g/mol. The standard InChI is InChI=1S/C11H14N4O2.C7H14O2.CHN.CH2O2/c12-11-9-3-2-8(15(9)14-6-13-11)10-4-1-7(5-16)17-10;1-4-7(2,3)5-6(8)9;1-2;2-1-3/h2-3,6-7,10,16H,1,4-5H2,(H2,12,13,14);4-5H2,1-3H3,(H,8,9);1H;1H,(H,2,3). The number of aliphatic hydroxyl groups excluding tert-OH is 1. The maximum Gasteiger partial charge on any atom is 0.303 e. The van der Waals surface area contributed by atoms with E-state index in [1.54, 1.807) is 4.52 Å². The van der Waals surface area contributed by atoms with Crippen LogP contribution in [0.15, 0.2) is 18.5 Å². The number of rotatable bonds is 5. The first-order valence-electron chi connectivity index (χ1n) is 9.59. The fourth-order valence-corrected chi connectivity index (χ4v) is 2.81. The molecule has 3 rings (SSSR count). The molecule has 0 aliphatic carbocycles. The van der Waals surface area contributed by atoms with E-state index in [9.17, 15) is 4.79 Å². The lowest BCUT2D eigenvalue weighted by molar-refractivity contribution is -0.139. The molecule has 0 bridgehead atoms. The van der Waals surface area contributed by atoms with Crippen molar-refractivity contribution in [3.05, 3.63) is 24.2 Å². The molecule has 0 amide bonds. The molecule has 0 saturated carbocycles. The number of aliphatic carboxylic acids is 1. The van der Waals surface area contributed by atoms with Gasteiger partial charge in [0.2, 0.25) is 0 Å². The molecule has 2 aromatic rings. The van der Waals surface area contributed by atoms with Crippen molar-refractivity contribution in [2.75, 3.05) is 12.3 Å². The fraction of sp³-hybridized carbons (Fsp3) is 0.550. The van der Waals surface area contributed by atoms with E-state index in [1.165, 1.54) is 6.33 Å². The van der Waals surface area contributed by atoms with Crippen LogP contribution in [0.3, 0.4) is 0 Å². The van der Waals surface area contributed by atoms with Crippen LogP contribution in [0.1, 0.15) is 58.3 Å². The second kappa shape index (κ2) is 13.9. The van der Waals surface area contributed by atoms with Crippen LogP contribution in [-0.2, 0) is 14.3 Å². The van der Waals surface area contributed by atoms with Gasteiger partial charge in [0, 0.05) is 6.57 Å². The number of carbonyl (C=O) groups is 2. The van der Waals surface area contributed by atoms with E-state index in [0.717, 1.165) is 30.5 Å². The summed E-state index contributed by atoms with van der Waals surface area (Å²) in [7, 11) is 0. The topological polar surface area (TPSA) is 184 Å². The van der Waals surface area contributed by atoms with Crippen LogP contribution >= 0.6 is 0 Å². The first-order chi connectivity index (χ1) is 14.7. The van der Waals surface area contributed by atoms with E-state index in [4.69, 9.17) is 35.8 Å². The molecule has 5 N–H and O–H groups in total. The molecule has 2 atom stereocenters. The lowest BCUT2D eigenvalue weighted by Gasteiger charge is -2.18. The highest BCUT2D eigenvalue weighted by Gasteiger charge is 2.28. The van der Waals surface area contributed by atoms with Gasteiger partial charge < -0.3 is 25.8 Å². The highest BCUT2D eigenvalue weighted by atomic mass is 16.5. The van der Waals surface area contributed by atoms with Gasteiger partial charge in [-0.1, -0.05) is 27.2 Å². The number of aromatic nitrogens is 3. The van der Waals surface area contributed by atoms with Crippen LogP contribution in [0.2, 0.25) is 0 Å². The van der Waals surface area contributed by atoms with E-state index < -0.39 is 5.97 Å². The highest BCUT2D eigenvalue weighted by molar-refractivity contribution is 5.67. The summed E-state index contributed by atoms with van der Waals surface area (Å²) in [6.07, 6.45) is 4.29. The molecule has 1 saturated heterocycles. The average Bonchev–Trinajstić information content (AvgIpc) is 3.37. The Morgan fingerprint density at radius 2 is 2.03 bits per heavy atom. The Labute approximate surface area is 181 Å². The quantitative estimate of drug-likeness (QED) is 0.506. The van der Waals surface area contributed by atoms with Crippen molar-refractivity contribution in [1.29, 1.82) is 5.26 Å². The Morgan fingerprint density at radius 1 is 1.42 bits per heavy atom. The lowest BCUT2D eigenvalue weighted by atomic mass is 9.87. The summed E-state index contributed by atoms with van der Waals surface area (Å²) in [6, 6.07) is 3.84. The zero-order valence-electron chi connectivity index (χ0n) is 18.0. The van der Waals surface area contributed by atoms with Gasteiger partial charge in [-0.25, -0.2) is 14.8 Å². The Bertz CT molecular complexity index is 836. The van der Waals surface area contributed by atoms with Crippen molar-refractivity contribution in [3.8, 4) is 6.57 Å². The van der Waals surface area contributed by atoms with Crippen LogP contribution < -0.4 is 5.73 Å². The third-order valence-corrected chi connectivity index (χ3v) is 4.74. The minimum atomic E-state index is -0.707. The second-order valence-electron chi connectivity index (χ2n) is 7.40. The average molecular weight is 437 g/mol. The predicted molar refractivity (Wildman–Crippen MR) is 113 cm³/mol. The Hall–Kier alpha value is -3.23. The van der Waals surface area contributed by atoms with Gasteiger partial charge in [0.1, 0.15) is 17.9 Å². The maximum absolute atomic E-state index is 10.2. The van der Waals surface area contributed by atoms with E-state index >= 15 is 0 Å². The number of nitrogen functional groups attached to an aromatic ring is 1. The van der Waals surface area contributed by atoms with Crippen LogP contribution in [0.5, 0.6) is 0 Å². The molecular weight excluding hydrogens is 406 g/mol. The fourth-order valence-electron chi connectivity index (χ4n) is 2.81. The number of anilines is 1. The third-order valence-electron chi connectivity index (χ3n) is 4.74. The van der Waals surface area contributed by atoms with Gasteiger partial charge in [-0.3, -0.25) is 9.59 Å². The van der Waals surface area contributed by atoms with Gasteiger partial charge in [-0.15, -0.1) is 0 Å². The van der Waals surface area contributed by atoms with Gasteiger partial charge in [-0.2, -0.15) is 5.10 Å². The van der Waals surface area contributed by atoms with Crippen molar-refractivity contribution in [2.24, 2.45) is 5.41 Å². The van der Waals surface area contributed by atoms with Crippen molar-refractivity contribution < 1.29 is 29.6 Å². The first-order valence-corrected chi connectivity index (χ1v) is 9.59. The molecule has 3 heterocycles. The minimum Gasteiger partial charge on any atom is -0.483 e. The summed E-state index contributed by atoms with van der Waals surface area (Å²) in [6.45, 7) is 9.24. The van der Waals surface area contributed by atoms with Gasteiger partial charge in [0.05, 0.1) is 24.8 Å². The molecule has 0 radical (unpaired) electrons. The van der Waals surface area contributed by atoms with Crippen LogP contribution in [0.25, 0.3) is 5.52 Å². The summed E-state index contributed by atoms with van der Waals surface area (Å²) < 4.78 is 7.49. The second-order valence-corrected chi connectivity index (χ2v) is 7.40. The highest BCUT2D eigenvalue weighted by Crippen LogP contribution is 2.33. The van der Waals surface area contributed by atoms with Crippen molar-refractivity contribution in [3.63, 3.8) is 0 Å². The zero-order chi connectivity index (χ0) is 24.0. The smallest absolute Gasteiger partial charge is 0.303 e. The summed E-state index contributed by atoms with van der Waals surface area (Å²) in [5, 5.41) is 35.0. The Morgan fingerprint density at radius 3 is 2.48 bits per heavy atom. The summed E-state index contributed by atoms with van der Waals surface area (Å²) >= 11 is 0. The molecular formula is C20H31N5O6. The number of carboxylic acid groups (broad SMARTS) is 2. The summed E-state index contributed by atoms with van der Waals surface area (Å²) in [5.41, 5.74) is 7.49. The van der Waals surface area contributed by atoms with Crippen molar-refractivity contribution in [2.45, 2.75) is 58.7 Å². The number of nitrogens with zero attached hydrogens (tertiary/aromatic N) is 4. The van der Waals surface area contributed by atoms with Crippen LogP contribution in [0.4, 0.5) is 5.82 Å². The molecule has 11 heteroatoms. The molecule has 2 unspecified atom stereocenters. The number of aliphatic hydroxyl groups is 1. The molecule has 1 fully saturated rings. The van der Waals surface area contributed by atoms with Gasteiger partial charge >= 0.3 is 5.97 Å². The Kier molecular flexibility index (Phi) is 12.4. The molecule has 31 heavy (non-hydrogen) atoms. The number of nitrogens with two attached hydrogens (primary N) is 1.